The molecule has 0 saturated heterocycles. The van der Waals surface area contributed by atoms with Gasteiger partial charge in [-0.05, 0) is 115 Å². The molecule has 10 rings (SSSR count). The monoisotopic (exact) mass is 1630 g/mol. The van der Waals surface area contributed by atoms with Crippen LogP contribution in [0.4, 0.5) is 11.6 Å². The molecule has 0 fully saturated rings. The molecule has 0 radical (unpaired) electrons. The maximum Gasteiger partial charge on any atom is 0.582 e. The van der Waals surface area contributed by atoms with Crippen LogP contribution in [0.3, 0.4) is 0 Å². The van der Waals surface area contributed by atoms with Crippen LogP contribution in [0.1, 0.15) is 106 Å². The maximum absolute atomic E-state index is 12.2. The lowest BCUT2D eigenvalue weighted by molar-refractivity contribution is -0.929. The SMILES string of the molecule is C[Si](C)(CCC[N+](CCCCS(=O)(=O)O)(CCCCS(=O)(=O)O)CCCCS(=O)(=O)O)O[Si]1(O[Si](C)(C)CCC[N+](CCCCS(=O)(=O)O)(CCCCS(=O)(=O)O)CCOCCOCCC=O)n2c3c4ccccc4c2N=C2N=C(N=c4c5ccccc5c(n41)=NC1=NC(=N3)c3ccccc31)c1ccccc12. The van der Waals surface area contributed by atoms with E-state index in [-0.39, 0.29) is 69.4 Å². The topological polar surface area (TPSA) is 410 Å². The molecule has 2 aromatic heterocycles. The largest absolute Gasteiger partial charge is 0.582 e. The molecule has 6 aromatic rings. The Bertz CT molecular complexity index is 4810. The molecule has 38 heteroatoms. The van der Waals surface area contributed by atoms with Crippen LogP contribution in [0.5, 0.6) is 0 Å². The summed E-state index contributed by atoms with van der Waals surface area (Å²) < 4.78 is 204. The van der Waals surface area contributed by atoms with Crippen molar-refractivity contribution in [3.8, 4) is 0 Å². The van der Waals surface area contributed by atoms with Crippen molar-refractivity contribution in [2.45, 2.75) is 122 Å². The molecule has 6 bridgehead atoms. The van der Waals surface area contributed by atoms with E-state index in [1.54, 1.807) is 0 Å². The van der Waals surface area contributed by atoms with E-state index in [2.05, 4.69) is 26.2 Å². The zero-order valence-electron chi connectivity index (χ0n) is 60.8. The van der Waals surface area contributed by atoms with E-state index in [1.807, 2.05) is 106 Å². The smallest absolute Gasteiger partial charge is 0.404 e. The standard InChI is InChI=1S/C69H96N10O20S5Si3/c1-105(2,52-23-39-78(34-13-18-47-100(81,82)83,35-14-19-48-101(84,85)86)36-15-20-49-102(87,88)89)98-107(99-106(3,4)53-24-40-79(37-16-21-50-103(90,91)92,38-17-22-51-104(93,94)95)41-44-97-46-45-96-43-25-42-80)76-66-58-30-9-10-31-59(58)68(76)74-64-56-28-7-8-29-57(56)65(71-64)75-69-61-33-12-11-32-60(61)67(77(69)107)73-63-55-27-6-5-26-54(55)62(70-63)72-66/h5-12,26-33,42H,13-25,34-41,43-53H2,1-4H3,(H3-2,81,82,83,84,85,86,87,88,89,90,91,92,93,94,95)/p+2. The molecular weight excluding hydrogens is 1530 g/mol. The highest BCUT2D eigenvalue weighted by Crippen LogP contribution is 2.46. The van der Waals surface area contributed by atoms with E-state index in [0.717, 1.165) is 6.29 Å². The fourth-order valence-corrected chi connectivity index (χ4v) is 30.2. The van der Waals surface area contributed by atoms with E-state index >= 15 is 0 Å². The number of amidine groups is 4. The molecule has 5 N–H and O–H groups in total. The van der Waals surface area contributed by atoms with Gasteiger partial charge in [0, 0.05) is 50.2 Å². The molecular formula is C69H98N10O20S5Si3+2. The Morgan fingerprint density at radius 2 is 0.673 bits per heavy atom. The summed E-state index contributed by atoms with van der Waals surface area (Å²) in [5.74, 6) is -0.240. The lowest BCUT2D eigenvalue weighted by atomic mass is 10.1. The van der Waals surface area contributed by atoms with Crippen molar-refractivity contribution in [1.29, 1.82) is 0 Å². The number of aliphatic imine (C=N–C) groups is 4. The zero-order chi connectivity index (χ0) is 77.1. The number of benzene rings is 4. The fourth-order valence-electron chi connectivity index (χ4n) is 14.9. The number of nitrogens with zero attached hydrogens (tertiary/aromatic N) is 10. The van der Waals surface area contributed by atoms with E-state index < -0.39 is 105 Å². The quantitative estimate of drug-likeness (QED) is 0.00790. The summed E-state index contributed by atoms with van der Waals surface area (Å²) in [6.07, 6.45) is 4.00. The average molecular weight is 1630 g/mol. The van der Waals surface area contributed by atoms with E-state index in [1.165, 1.54) is 0 Å². The highest BCUT2D eigenvalue weighted by atomic mass is 32.2. The Hall–Kier alpha value is -6.13. The van der Waals surface area contributed by atoms with Gasteiger partial charge in [-0.3, -0.25) is 31.2 Å². The number of hydrogen-bond acceptors (Lipinski definition) is 21. The van der Waals surface area contributed by atoms with Gasteiger partial charge in [-0.15, -0.1) is 0 Å². The third-order valence-electron chi connectivity index (χ3n) is 19.8. The average Bonchev–Trinajstić information content (AvgIpc) is 1.53. The predicted octanol–water partition coefficient (Wildman–Crippen LogP) is 8.19. The minimum atomic E-state index is -4.95. The first-order valence-electron chi connectivity index (χ1n) is 36.2. The van der Waals surface area contributed by atoms with Gasteiger partial charge in [0.1, 0.15) is 35.4 Å². The molecule has 0 amide bonds. The van der Waals surface area contributed by atoms with E-state index in [9.17, 15) is 69.6 Å². The second kappa shape index (κ2) is 35.1. The van der Waals surface area contributed by atoms with Gasteiger partial charge in [-0.25, -0.2) is 30.0 Å². The molecule has 1 atom stereocenters. The molecule has 30 nitrogen and oxygen atoms in total. The third kappa shape index (κ3) is 22.6. The van der Waals surface area contributed by atoms with Crippen molar-refractivity contribution in [1.82, 2.24) is 8.47 Å². The Kier molecular flexibility index (Phi) is 27.3. The number of rotatable bonds is 46. The van der Waals surface area contributed by atoms with Gasteiger partial charge in [0.05, 0.1) is 101 Å². The number of unbranched alkanes of at least 4 members (excludes halogenated alkanes) is 5. The molecule has 0 spiro atoms. The highest BCUT2D eigenvalue weighted by molar-refractivity contribution is 7.86. The van der Waals surface area contributed by atoms with Gasteiger partial charge in [-0.1, -0.05) is 97.1 Å². The number of quaternary nitrogens is 2. The maximum atomic E-state index is 12.2. The molecule has 6 heterocycles. The summed E-state index contributed by atoms with van der Waals surface area (Å²) in [6.45, 7) is 12.3. The summed E-state index contributed by atoms with van der Waals surface area (Å²) in [5.41, 5.74) is 3.67. The van der Waals surface area contributed by atoms with Crippen molar-refractivity contribution < 1.29 is 96.3 Å². The Morgan fingerprint density at radius 1 is 0.374 bits per heavy atom. The van der Waals surface area contributed by atoms with Crippen molar-refractivity contribution in [2.24, 2.45) is 30.0 Å². The fraction of sp³-hybridized carbons (Fsp3) is 0.522. The Labute approximate surface area is 629 Å². The van der Waals surface area contributed by atoms with Crippen molar-refractivity contribution in [2.75, 3.05) is 108 Å². The van der Waals surface area contributed by atoms with Crippen LogP contribution in [0, 0.1) is 0 Å². The Morgan fingerprint density at radius 3 is 1.01 bits per heavy atom. The minimum absolute atomic E-state index is 0.0813. The predicted molar refractivity (Wildman–Crippen MR) is 417 cm³/mol. The van der Waals surface area contributed by atoms with Gasteiger partial charge in [0.25, 0.3) is 50.6 Å². The van der Waals surface area contributed by atoms with E-state index in [0.29, 0.717) is 204 Å². The molecule has 4 aliphatic heterocycles. The lowest BCUT2D eigenvalue weighted by Gasteiger charge is -2.44. The van der Waals surface area contributed by atoms with Gasteiger partial charge in [0.2, 0.25) is 0 Å². The lowest BCUT2D eigenvalue weighted by Crippen LogP contribution is -2.70. The number of aromatic nitrogens is 2. The second-order valence-electron chi connectivity index (χ2n) is 29.2. The molecule has 107 heavy (non-hydrogen) atoms. The zero-order valence-corrected chi connectivity index (χ0v) is 67.9. The van der Waals surface area contributed by atoms with Crippen LogP contribution in [-0.2, 0) is 73.1 Å². The van der Waals surface area contributed by atoms with Gasteiger partial charge in [0.15, 0.2) is 40.0 Å². The summed E-state index contributed by atoms with van der Waals surface area (Å²) in [4.78, 5) is 44.3. The van der Waals surface area contributed by atoms with Crippen LogP contribution >= 0.6 is 0 Å². The first kappa shape index (κ1) is 83.3. The molecule has 584 valence electrons. The van der Waals surface area contributed by atoms with Crippen LogP contribution in [0.15, 0.2) is 127 Å². The van der Waals surface area contributed by atoms with Gasteiger partial charge >= 0.3 is 8.88 Å². The minimum Gasteiger partial charge on any atom is -0.404 e. The van der Waals surface area contributed by atoms with Crippen molar-refractivity contribution in [3.05, 3.63) is 130 Å². The summed E-state index contributed by atoms with van der Waals surface area (Å²) in [6, 6.07) is 31.9. The molecule has 0 saturated carbocycles. The Balaban J connectivity index is 1.17. The number of hydrogen-bond donors (Lipinski definition) is 5. The second-order valence-corrected chi connectivity index (χ2v) is 48.7. The molecule has 4 aromatic carbocycles. The van der Waals surface area contributed by atoms with Crippen molar-refractivity contribution >= 4 is 139 Å². The number of carbonyl (C=O) groups is 1. The number of aldehydes is 1. The first-order valence-corrected chi connectivity index (χ1v) is 52.2. The number of carbonyl (C=O) groups excluding carboxylic acids is 1. The normalized spacial score (nSPS) is 16.2. The van der Waals surface area contributed by atoms with Crippen LogP contribution < -0.4 is 11.0 Å². The van der Waals surface area contributed by atoms with Gasteiger partial charge < -0.3 is 31.5 Å². The van der Waals surface area contributed by atoms with E-state index in [4.69, 9.17) is 47.7 Å². The number of fused-ring (bicyclic) bond motifs is 14. The summed E-state index contributed by atoms with van der Waals surface area (Å²) >= 11 is 0. The van der Waals surface area contributed by atoms with Crippen LogP contribution in [0.25, 0.3) is 21.5 Å². The van der Waals surface area contributed by atoms with Crippen LogP contribution in [0.2, 0.25) is 38.3 Å². The molecule has 0 aliphatic carbocycles. The molecule has 1 unspecified atom stereocenters. The first-order chi connectivity index (χ1) is 50.5. The highest BCUT2D eigenvalue weighted by Gasteiger charge is 2.58. The summed E-state index contributed by atoms with van der Waals surface area (Å²) in [7, 11) is -33.6. The van der Waals surface area contributed by atoms with Crippen molar-refractivity contribution in [3.63, 3.8) is 0 Å². The van der Waals surface area contributed by atoms with Crippen LogP contribution in [-0.4, -0.2) is 245 Å². The molecule has 4 aliphatic rings. The number of ether oxygens (including phenoxy) is 2. The van der Waals surface area contributed by atoms with Gasteiger partial charge in [-0.2, -0.15) is 42.1 Å². The summed E-state index contributed by atoms with van der Waals surface area (Å²) in [5, 5.41) is 2.69. The third-order valence-corrected chi connectivity index (χ3v) is 35.5.